The minimum absolute atomic E-state index is 1.50. The van der Waals surface area contributed by atoms with Crippen LogP contribution in [-0.2, 0) is 0 Å². The number of allylic oxidation sites excluding steroid dienone is 2. The summed E-state index contributed by atoms with van der Waals surface area (Å²) in [5.74, 6) is 0. The van der Waals surface area contributed by atoms with E-state index < -0.39 is 0 Å². The van der Waals surface area contributed by atoms with Crippen LogP contribution in [0.25, 0.3) is 0 Å². The maximum Gasteiger partial charge on any atom is 0.109 e. The number of aliphatic imine (C=N–C) groups is 2. The van der Waals surface area contributed by atoms with E-state index in [9.17, 15) is 0 Å². The SMILES string of the molecule is C\C=C/C=N\C=N\C. The van der Waals surface area contributed by atoms with E-state index in [1.54, 1.807) is 13.3 Å². The van der Waals surface area contributed by atoms with Crippen molar-refractivity contribution >= 4 is 12.6 Å². The van der Waals surface area contributed by atoms with E-state index in [-0.39, 0.29) is 0 Å². The number of rotatable bonds is 2. The van der Waals surface area contributed by atoms with Gasteiger partial charge in [0.15, 0.2) is 0 Å². The van der Waals surface area contributed by atoms with E-state index in [1.165, 1.54) is 6.34 Å². The van der Waals surface area contributed by atoms with Gasteiger partial charge in [-0.3, -0.25) is 4.99 Å². The summed E-state index contributed by atoms with van der Waals surface area (Å²) in [5, 5.41) is 0. The second-order valence-electron chi connectivity index (χ2n) is 1.20. The maximum absolute atomic E-state index is 3.78. The molecule has 0 aromatic heterocycles. The van der Waals surface area contributed by atoms with Crippen molar-refractivity contribution in [3.63, 3.8) is 0 Å². The molecule has 0 aromatic rings. The molecule has 0 aromatic carbocycles. The standard InChI is InChI=1S/C6H10N2/c1-3-4-5-8-6-7-2/h3-6H,1-2H3/b4-3-,7-6+,8-5-. The molecule has 0 aliphatic carbocycles. The van der Waals surface area contributed by atoms with Gasteiger partial charge in [-0.05, 0) is 13.0 Å². The molecular weight excluding hydrogens is 100 g/mol. The Hall–Kier alpha value is -0.920. The van der Waals surface area contributed by atoms with Crippen molar-refractivity contribution in [1.82, 2.24) is 0 Å². The molecule has 0 atom stereocenters. The highest BCUT2D eigenvalue weighted by Gasteiger charge is 1.56. The van der Waals surface area contributed by atoms with Crippen LogP contribution in [0.5, 0.6) is 0 Å². The fraction of sp³-hybridized carbons (Fsp3) is 0.333. The van der Waals surface area contributed by atoms with Crippen LogP contribution in [0.3, 0.4) is 0 Å². The molecular formula is C6H10N2. The van der Waals surface area contributed by atoms with Crippen LogP contribution in [0.1, 0.15) is 6.92 Å². The van der Waals surface area contributed by atoms with Gasteiger partial charge in [-0.2, -0.15) is 0 Å². The van der Waals surface area contributed by atoms with Gasteiger partial charge in [0.1, 0.15) is 6.34 Å². The van der Waals surface area contributed by atoms with Crippen molar-refractivity contribution in [1.29, 1.82) is 0 Å². The molecule has 0 bridgehead atoms. The Morgan fingerprint density at radius 1 is 1.38 bits per heavy atom. The molecule has 0 spiro atoms. The smallest absolute Gasteiger partial charge is 0.109 e. The summed E-state index contributed by atoms with van der Waals surface area (Å²) in [6, 6.07) is 0. The minimum atomic E-state index is 1.50. The second kappa shape index (κ2) is 6.08. The monoisotopic (exact) mass is 110 g/mol. The molecule has 8 heavy (non-hydrogen) atoms. The Balaban J connectivity index is 3.35. The van der Waals surface area contributed by atoms with E-state index in [0.29, 0.717) is 0 Å². The zero-order chi connectivity index (χ0) is 6.24. The molecule has 2 nitrogen and oxygen atoms in total. The van der Waals surface area contributed by atoms with Gasteiger partial charge in [0, 0.05) is 13.3 Å². The van der Waals surface area contributed by atoms with E-state index in [4.69, 9.17) is 0 Å². The zero-order valence-corrected chi connectivity index (χ0v) is 5.20. The topological polar surface area (TPSA) is 24.7 Å². The molecule has 0 saturated heterocycles. The van der Waals surface area contributed by atoms with Crippen molar-refractivity contribution in [2.24, 2.45) is 9.98 Å². The third-order valence-electron chi connectivity index (χ3n) is 0.547. The lowest BCUT2D eigenvalue weighted by Gasteiger charge is -1.69. The fourth-order valence-corrected chi connectivity index (χ4v) is 0.241. The highest BCUT2D eigenvalue weighted by Crippen LogP contribution is 1.63. The van der Waals surface area contributed by atoms with Crippen LogP contribution in [0.15, 0.2) is 22.1 Å². The van der Waals surface area contributed by atoms with Gasteiger partial charge < -0.3 is 0 Å². The van der Waals surface area contributed by atoms with Crippen molar-refractivity contribution in [3.05, 3.63) is 12.2 Å². The predicted molar refractivity (Wildman–Crippen MR) is 37.7 cm³/mol. The quantitative estimate of drug-likeness (QED) is 0.378. The Labute approximate surface area is 49.7 Å². The molecule has 0 aliphatic rings. The Morgan fingerprint density at radius 2 is 2.12 bits per heavy atom. The van der Waals surface area contributed by atoms with Gasteiger partial charge >= 0.3 is 0 Å². The van der Waals surface area contributed by atoms with Crippen LogP contribution in [-0.4, -0.2) is 19.6 Å². The fourth-order valence-electron chi connectivity index (χ4n) is 0.241. The van der Waals surface area contributed by atoms with Crippen LogP contribution >= 0.6 is 0 Å². The van der Waals surface area contributed by atoms with E-state index in [1.807, 2.05) is 19.1 Å². The molecule has 2 heteroatoms. The summed E-state index contributed by atoms with van der Waals surface area (Å²) in [4.78, 5) is 7.43. The van der Waals surface area contributed by atoms with Crippen LogP contribution in [0.4, 0.5) is 0 Å². The summed E-state index contributed by atoms with van der Waals surface area (Å²) in [7, 11) is 1.69. The van der Waals surface area contributed by atoms with Crippen molar-refractivity contribution in [2.75, 3.05) is 7.05 Å². The van der Waals surface area contributed by atoms with Gasteiger partial charge in [0.2, 0.25) is 0 Å². The van der Waals surface area contributed by atoms with Crippen molar-refractivity contribution in [2.45, 2.75) is 6.92 Å². The lowest BCUT2D eigenvalue weighted by Crippen LogP contribution is -1.65. The summed E-state index contributed by atoms with van der Waals surface area (Å²) in [6.07, 6.45) is 6.95. The molecule has 0 heterocycles. The van der Waals surface area contributed by atoms with Gasteiger partial charge in [-0.25, -0.2) is 4.99 Å². The normalized spacial score (nSPS) is 12.8. The van der Waals surface area contributed by atoms with Crippen molar-refractivity contribution in [3.8, 4) is 0 Å². The van der Waals surface area contributed by atoms with Gasteiger partial charge in [0.05, 0.1) is 0 Å². The third-order valence-corrected chi connectivity index (χ3v) is 0.547. The van der Waals surface area contributed by atoms with E-state index in [0.717, 1.165) is 0 Å². The molecule has 0 saturated carbocycles. The summed E-state index contributed by atoms with van der Waals surface area (Å²) < 4.78 is 0. The lowest BCUT2D eigenvalue weighted by molar-refractivity contribution is 1.45. The number of hydrogen-bond donors (Lipinski definition) is 0. The first-order chi connectivity index (χ1) is 3.91. The Bertz CT molecular complexity index is 97.7. The second-order valence-corrected chi connectivity index (χ2v) is 1.20. The largest absolute Gasteiger partial charge is 0.277 e. The molecule has 44 valence electrons. The van der Waals surface area contributed by atoms with Crippen LogP contribution in [0, 0.1) is 0 Å². The first-order valence-electron chi connectivity index (χ1n) is 2.47. The summed E-state index contributed by atoms with van der Waals surface area (Å²) >= 11 is 0. The Morgan fingerprint density at radius 3 is 2.62 bits per heavy atom. The molecule has 0 aliphatic heterocycles. The average Bonchev–Trinajstić information content (AvgIpc) is 1.81. The van der Waals surface area contributed by atoms with E-state index >= 15 is 0 Å². The summed E-state index contributed by atoms with van der Waals surface area (Å²) in [5.41, 5.74) is 0. The minimum Gasteiger partial charge on any atom is -0.277 e. The number of hydrogen-bond acceptors (Lipinski definition) is 1. The molecule has 0 radical (unpaired) electrons. The molecule has 0 amide bonds. The molecule has 0 fully saturated rings. The predicted octanol–water partition coefficient (Wildman–Crippen LogP) is 1.29. The average molecular weight is 110 g/mol. The third kappa shape index (κ3) is 5.08. The lowest BCUT2D eigenvalue weighted by atomic mass is 10.6. The van der Waals surface area contributed by atoms with Gasteiger partial charge in [0.25, 0.3) is 0 Å². The highest BCUT2D eigenvalue weighted by atomic mass is 14.8. The zero-order valence-electron chi connectivity index (χ0n) is 5.20. The Kier molecular flexibility index (Phi) is 5.38. The highest BCUT2D eigenvalue weighted by molar-refractivity contribution is 5.79. The first kappa shape index (κ1) is 7.08. The van der Waals surface area contributed by atoms with Crippen LogP contribution in [0.2, 0.25) is 0 Å². The van der Waals surface area contributed by atoms with Gasteiger partial charge in [-0.15, -0.1) is 0 Å². The van der Waals surface area contributed by atoms with E-state index in [2.05, 4.69) is 9.98 Å². The number of nitrogens with zero attached hydrogens (tertiary/aromatic N) is 2. The molecule has 0 rings (SSSR count). The van der Waals surface area contributed by atoms with Crippen molar-refractivity contribution < 1.29 is 0 Å². The van der Waals surface area contributed by atoms with Gasteiger partial charge in [-0.1, -0.05) is 6.08 Å². The maximum atomic E-state index is 3.78. The van der Waals surface area contributed by atoms with Crippen LogP contribution < -0.4 is 0 Å². The molecule has 0 unspecified atom stereocenters. The molecule has 0 N–H and O–H groups in total. The first-order valence-corrected chi connectivity index (χ1v) is 2.47. The summed E-state index contributed by atoms with van der Waals surface area (Å²) in [6.45, 7) is 1.94.